The highest BCUT2D eigenvalue weighted by Gasteiger charge is 2.49. The number of hydrogen-bond acceptors (Lipinski definition) is 7. The zero-order valence-corrected chi connectivity index (χ0v) is 22.2. The molecular formula is C29H32NO6P. The predicted octanol–water partition coefficient (Wildman–Crippen LogP) is 6.61. The molecule has 3 aromatic carbocycles. The molecule has 1 saturated heterocycles. The van der Waals surface area contributed by atoms with Gasteiger partial charge in [-0.25, -0.2) is 0 Å². The van der Waals surface area contributed by atoms with E-state index in [9.17, 15) is 4.57 Å². The monoisotopic (exact) mass is 521 g/mol. The smallest absolute Gasteiger partial charge is 0.493 e. The van der Waals surface area contributed by atoms with E-state index in [2.05, 4.69) is 30.2 Å². The second-order valence-electron chi connectivity index (χ2n) is 9.38. The summed E-state index contributed by atoms with van der Waals surface area (Å²) in [6, 6.07) is 24.1. The number of methoxy groups -OCH3 is 2. The summed E-state index contributed by atoms with van der Waals surface area (Å²) in [6.07, 6.45) is 4.48. The quantitative estimate of drug-likeness (QED) is 0.294. The Hall–Kier alpha value is -3.41. The molecule has 2 unspecified atom stereocenters. The van der Waals surface area contributed by atoms with Crippen LogP contribution in [0, 0.1) is 0 Å². The Labute approximate surface area is 218 Å². The molecule has 1 fully saturated rings. The summed E-state index contributed by atoms with van der Waals surface area (Å²) >= 11 is 0. The molecule has 0 bridgehead atoms. The van der Waals surface area contributed by atoms with Crippen molar-refractivity contribution in [1.29, 1.82) is 0 Å². The van der Waals surface area contributed by atoms with E-state index in [1.807, 2.05) is 42.5 Å². The van der Waals surface area contributed by atoms with Gasteiger partial charge >= 0.3 is 7.82 Å². The highest BCUT2D eigenvalue weighted by Crippen LogP contribution is 2.55. The zero-order valence-electron chi connectivity index (χ0n) is 21.3. The van der Waals surface area contributed by atoms with E-state index in [1.165, 1.54) is 5.56 Å². The molecule has 5 rings (SSSR count). The minimum absolute atomic E-state index is 0.0521. The molecule has 1 heterocycles. The van der Waals surface area contributed by atoms with Crippen molar-refractivity contribution in [2.75, 3.05) is 27.8 Å². The lowest BCUT2D eigenvalue weighted by Crippen LogP contribution is -2.42. The van der Waals surface area contributed by atoms with Gasteiger partial charge in [-0.3, -0.25) is 4.90 Å². The first-order valence-electron chi connectivity index (χ1n) is 12.4. The number of rotatable bonds is 9. The van der Waals surface area contributed by atoms with Gasteiger partial charge in [0.15, 0.2) is 11.5 Å². The molecule has 0 aromatic heterocycles. The molecule has 194 valence electrons. The van der Waals surface area contributed by atoms with Gasteiger partial charge in [-0.15, -0.1) is 0 Å². The van der Waals surface area contributed by atoms with Crippen LogP contribution in [0.5, 0.6) is 23.0 Å². The molecule has 2 aliphatic rings. The third-order valence-electron chi connectivity index (χ3n) is 7.22. The summed E-state index contributed by atoms with van der Waals surface area (Å²) in [5.41, 5.74) is 1.07. The van der Waals surface area contributed by atoms with Crippen molar-refractivity contribution in [1.82, 2.24) is 4.90 Å². The average Bonchev–Trinajstić information content (AvgIpc) is 3.26. The van der Waals surface area contributed by atoms with Crippen molar-refractivity contribution < 1.29 is 27.6 Å². The van der Waals surface area contributed by atoms with Crippen LogP contribution in [-0.4, -0.2) is 38.8 Å². The fraction of sp³-hybridized carbons (Fsp3) is 0.310. The van der Waals surface area contributed by atoms with Gasteiger partial charge in [0.25, 0.3) is 0 Å². The Morgan fingerprint density at radius 2 is 1.43 bits per heavy atom. The van der Waals surface area contributed by atoms with E-state index >= 15 is 0 Å². The van der Waals surface area contributed by atoms with E-state index in [0.29, 0.717) is 35.2 Å². The molecule has 2 atom stereocenters. The molecule has 37 heavy (non-hydrogen) atoms. The Morgan fingerprint density at radius 1 is 0.811 bits per heavy atom. The lowest BCUT2D eigenvalue weighted by Gasteiger charge is -2.40. The SMILES string of the molecule is COc1ccc(C23CCC(OP(=O)(Oc4ccccc4)Oc4ccccc4)=CC2N(C)CC3)cc1OC. The Kier molecular flexibility index (Phi) is 7.18. The van der Waals surface area contributed by atoms with Gasteiger partial charge in [-0.1, -0.05) is 42.5 Å². The van der Waals surface area contributed by atoms with E-state index < -0.39 is 7.82 Å². The first-order valence-corrected chi connectivity index (χ1v) is 13.8. The lowest BCUT2D eigenvalue weighted by atomic mass is 9.68. The fourth-order valence-corrected chi connectivity index (χ4v) is 6.66. The van der Waals surface area contributed by atoms with Crippen LogP contribution in [0.2, 0.25) is 0 Å². The number of phosphoric ester groups is 1. The van der Waals surface area contributed by atoms with Gasteiger partial charge in [0.2, 0.25) is 0 Å². The van der Waals surface area contributed by atoms with Crippen LogP contribution in [0.3, 0.4) is 0 Å². The molecule has 3 aromatic rings. The number of benzene rings is 3. The van der Waals surface area contributed by atoms with Crippen LogP contribution in [0.25, 0.3) is 0 Å². The summed E-state index contributed by atoms with van der Waals surface area (Å²) in [4.78, 5) is 2.31. The lowest BCUT2D eigenvalue weighted by molar-refractivity contribution is 0.211. The normalized spacial score (nSPS) is 21.5. The van der Waals surface area contributed by atoms with E-state index in [0.717, 1.165) is 19.4 Å². The Bertz CT molecular complexity index is 1250. The standard InChI is InChI=1S/C29H32NO6P/c1-30-19-18-29(22-14-15-26(32-2)27(20-22)33-3)17-16-25(21-28(29)30)36-37(31,34-23-10-6-4-7-11-23)35-24-12-8-5-9-13-24/h4-15,20-21,28H,16-19H2,1-3H3. The van der Waals surface area contributed by atoms with Crippen LogP contribution >= 0.6 is 7.82 Å². The topological polar surface area (TPSA) is 66.5 Å². The summed E-state index contributed by atoms with van der Waals surface area (Å²) in [5, 5.41) is 0. The fourth-order valence-electron chi connectivity index (χ4n) is 5.35. The molecule has 0 N–H and O–H groups in total. The molecule has 8 heteroatoms. The number of phosphoric acid groups is 1. The summed E-state index contributed by atoms with van der Waals surface area (Å²) in [7, 11) is 1.37. The first-order chi connectivity index (χ1) is 17.9. The van der Waals surface area contributed by atoms with Crippen LogP contribution in [0.15, 0.2) is 90.7 Å². The minimum atomic E-state index is -4.03. The summed E-state index contributed by atoms with van der Waals surface area (Å²) < 4.78 is 42.8. The van der Waals surface area contributed by atoms with Gasteiger partial charge in [0.1, 0.15) is 17.3 Å². The van der Waals surface area contributed by atoms with Crippen LogP contribution in [-0.2, 0) is 14.5 Å². The second kappa shape index (κ2) is 10.5. The van der Waals surface area contributed by atoms with Crippen LogP contribution in [0.4, 0.5) is 0 Å². The Morgan fingerprint density at radius 3 is 2.03 bits per heavy atom. The molecule has 0 amide bonds. The number of nitrogens with zero attached hydrogens (tertiary/aromatic N) is 1. The largest absolute Gasteiger partial charge is 0.646 e. The second-order valence-corrected chi connectivity index (χ2v) is 10.8. The molecule has 0 saturated carbocycles. The zero-order chi connectivity index (χ0) is 25.9. The molecule has 0 spiro atoms. The number of likely N-dealkylation sites (N-methyl/N-ethyl adjacent to an activating group) is 1. The number of para-hydroxylation sites is 2. The first kappa shape index (κ1) is 25.2. The highest BCUT2D eigenvalue weighted by molar-refractivity contribution is 7.49. The summed E-state index contributed by atoms with van der Waals surface area (Å²) in [5.74, 6) is 2.85. The van der Waals surface area contributed by atoms with Crippen molar-refractivity contribution in [2.24, 2.45) is 0 Å². The molecule has 1 aliphatic heterocycles. The molecule has 7 nitrogen and oxygen atoms in total. The van der Waals surface area contributed by atoms with Gasteiger partial charge in [-0.2, -0.15) is 4.57 Å². The maximum Gasteiger partial charge on any atom is 0.646 e. The van der Waals surface area contributed by atoms with E-state index in [4.69, 9.17) is 23.0 Å². The van der Waals surface area contributed by atoms with Crippen molar-refractivity contribution in [3.05, 3.63) is 96.3 Å². The summed E-state index contributed by atoms with van der Waals surface area (Å²) in [6.45, 7) is 0.932. The van der Waals surface area contributed by atoms with Gasteiger partial charge in [-0.05, 0) is 74.5 Å². The average molecular weight is 522 g/mol. The third kappa shape index (κ3) is 5.20. The molecular weight excluding hydrogens is 489 g/mol. The van der Waals surface area contributed by atoms with Crippen molar-refractivity contribution in [3.8, 4) is 23.0 Å². The molecule has 0 radical (unpaired) electrons. The van der Waals surface area contributed by atoms with Gasteiger partial charge in [0, 0.05) is 17.9 Å². The van der Waals surface area contributed by atoms with Crippen molar-refractivity contribution in [3.63, 3.8) is 0 Å². The molecule has 1 aliphatic carbocycles. The maximum absolute atomic E-state index is 13.9. The third-order valence-corrected chi connectivity index (χ3v) is 8.55. The predicted molar refractivity (Wildman–Crippen MR) is 142 cm³/mol. The number of likely N-dealkylation sites (tertiary alicyclic amines) is 1. The van der Waals surface area contributed by atoms with Crippen molar-refractivity contribution in [2.45, 2.75) is 30.7 Å². The van der Waals surface area contributed by atoms with E-state index in [1.54, 1.807) is 38.5 Å². The Balaban J connectivity index is 1.45. The highest BCUT2D eigenvalue weighted by atomic mass is 31.2. The number of ether oxygens (including phenoxy) is 2. The number of hydrogen-bond donors (Lipinski definition) is 0. The van der Waals surface area contributed by atoms with E-state index in [-0.39, 0.29) is 11.5 Å². The number of fused-ring (bicyclic) bond motifs is 1. The number of allylic oxidation sites excluding steroid dienone is 1. The maximum atomic E-state index is 13.9. The van der Waals surface area contributed by atoms with Crippen LogP contribution < -0.4 is 18.5 Å². The van der Waals surface area contributed by atoms with Gasteiger partial charge < -0.3 is 23.0 Å². The minimum Gasteiger partial charge on any atom is -0.493 e. The van der Waals surface area contributed by atoms with Crippen LogP contribution in [0.1, 0.15) is 24.8 Å². The van der Waals surface area contributed by atoms with Gasteiger partial charge in [0.05, 0.1) is 14.2 Å². The van der Waals surface area contributed by atoms with Crippen molar-refractivity contribution >= 4 is 7.82 Å².